The van der Waals surface area contributed by atoms with Crippen LogP contribution in [0.3, 0.4) is 0 Å². The Hall–Kier alpha value is -0.350. The SMILES string of the molecule is Cc1cccc(CS(=O)(=O)CC(C)(C)CBr)c1. The van der Waals surface area contributed by atoms with Crippen molar-refractivity contribution in [2.75, 3.05) is 11.1 Å². The summed E-state index contributed by atoms with van der Waals surface area (Å²) in [4.78, 5) is 0. The Bertz CT molecular complexity index is 478. The molecule has 17 heavy (non-hydrogen) atoms. The zero-order valence-electron chi connectivity index (χ0n) is 10.5. The number of alkyl halides is 1. The lowest BCUT2D eigenvalue weighted by atomic mass is 10.0. The molecule has 0 N–H and O–H groups in total. The summed E-state index contributed by atoms with van der Waals surface area (Å²) in [5.41, 5.74) is 1.75. The van der Waals surface area contributed by atoms with Gasteiger partial charge in [0.15, 0.2) is 9.84 Å². The van der Waals surface area contributed by atoms with Crippen molar-refractivity contribution in [2.45, 2.75) is 26.5 Å². The standard InChI is InChI=1S/C13H19BrO2S/c1-11-5-4-6-12(7-11)8-17(15,16)10-13(2,3)9-14/h4-7H,8-10H2,1-3H3. The predicted molar refractivity (Wildman–Crippen MR) is 76.2 cm³/mol. The second-order valence-electron chi connectivity index (χ2n) is 5.32. The van der Waals surface area contributed by atoms with Gasteiger partial charge in [0.25, 0.3) is 0 Å². The molecule has 1 aromatic rings. The lowest BCUT2D eigenvalue weighted by Gasteiger charge is -2.21. The zero-order valence-corrected chi connectivity index (χ0v) is 12.9. The van der Waals surface area contributed by atoms with Crippen molar-refractivity contribution in [1.82, 2.24) is 0 Å². The van der Waals surface area contributed by atoms with Crippen LogP contribution in [-0.2, 0) is 15.6 Å². The van der Waals surface area contributed by atoms with Gasteiger partial charge in [0.05, 0.1) is 11.5 Å². The molecule has 0 aliphatic heterocycles. The molecule has 0 radical (unpaired) electrons. The second-order valence-corrected chi connectivity index (χ2v) is 7.94. The van der Waals surface area contributed by atoms with Crippen LogP contribution in [0.15, 0.2) is 24.3 Å². The highest BCUT2D eigenvalue weighted by Crippen LogP contribution is 2.22. The minimum Gasteiger partial charge on any atom is -0.228 e. The maximum Gasteiger partial charge on any atom is 0.155 e. The second kappa shape index (κ2) is 5.53. The molecule has 0 aliphatic rings. The first-order valence-electron chi connectivity index (χ1n) is 5.56. The largest absolute Gasteiger partial charge is 0.228 e. The molecule has 96 valence electrons. The van der Waals surface area contributed by atoms with Crippen LogP contribution in [0.5, 0.6) is 0 Å². The van der Waals surface area contributed by atoms with Gasteiger partial charge in [-0.2, -0.15) is 0 Å². The molecule has 0 unspecified atom stereocenters. The molecular formula is C13H19BrO2S. The molecule has 0 fully saturated rings. The van der Waals surface area contributed by atoms with Gasteiger partial charge in [-0.25, -0.2) is 8.42 Å². The monoisotopic (exact) mass is 318 g/mol. The van der Waals surface area contributed by atoms with Gasteiger partial charge in [-0.1, -0.05) is 59.6 Å². The summed E-state index contributed by atoms with van der Waals surface area (Å²) in [5, 5.41) is 0.688. The van der Waals surface area contributed by atoms with Gasteiger partial charge in [-0.15, -0.1) is 0 Å². The van der Waals surface area contributed by atoms with E-state index in [1.807, 2.05) is 45.0 Å². The van der Waals surface area contributed by atoms with E-state index in [2.05, 4.69) is 15.9 Å². The van der Waals surface area contributed by atoms with Crippen molar-refractivity contribution in [1.29, 1.82) is 0 Å². The number of hydrogen-bond donors (Lipinski definition) is 0. The van der Waals surface area contributed by atoms with E-state index in [9.17, 15) is 8.42 Å². The van der Waals surface area contributed by atoms with E-state index in [-0.39, 0.29) is 16.9 Å². The highest BCUT2D eigenvalue weighted by molar-refractivity contribution is 9.09. The maximum absolute atomic E-state index is 12.1. The number of rotatable bonds is 5. The first-order valence-corrected chi connectivity index (χ1v) is 8.50. The van der Waals surface area contributed by atoms with Crippen LogP contribution in [0.1, 0.15) is 25.0 Å². The average Bonchev–Trinajstić information content (AvgIpc) is 2.15. The molecule has 0 saturated heterocycles. The third kappa shape index (κ3) is 5.21. The Morgan fingerprint density at radius 1 is 1.29 bits per heavy atom. The molecule has 4 heteroatoms. The molecule has 0 aliphatic carbocycles. The number of halogens is 1. The Labute approximate surface area is 112 Å². The van der Waals surface area contributed by atoms with Gasteiger partial charge in [-0.05, 0) is 17.9 Å². The van der Waals surface area contributed by atoms with Crippen LogP contribution < -0.4 is 0 Å². The van der Waals surface area contributed by atoms with Crippen LogP contribution in [0.2, 0.25) is 0 Å². The smallest absolute Gasteiger partial charge is 0.155 e. The summed E-state index contributed by atoms with van der Waals surface area (Å²) in [6.45, 7) is 5.88. The summed E-state index contributed by atoms with van der Waals surface area (Å²) in [5.74, 6) is 0.338. The van der Waals surface area contributed by atoms with Crippen molar-refractivity contribution in [3.05, 3.63) is 35.4 Å². The summed E-state index contributed by atoms with van der Waals surface area (Å²) < 4.78 is 24.1. The fraction of sp³-hybridized carbons (Fsp3) is 0.538. The summed E-state index contributed by atoms with van der Waals surface area (Å²) in [7, 11) is -3.05. The number of sulfone groups is 1. The first kappa shape index (κ1) is 14.7. The minimum atomic E-state index is -3.05. The van der Waals surface area contributed by atoms with E-state index in [1.165, 1.54) is 0 Å². The van der Waals surface area contributed by atoms with Gasteiger partial charge in [-0.3, -0.25) is 0 Å². The Balaban J connectivity index is 2.81. The van der Waals surface area contributed by atoms with Crippen LogP contribution in [0.4, 0.5) is 0 Å². The number of aryl methyl sites for hydroxylation is 1. The maximum atomic E-state index is 12.1. The van der Waals surface area contributed by atoms with E-state index in [1.54, 1.807) is 0 Å². The van der Waals surface area contributed by atoms with E-state index in [0.717, 1.165) is 11.1 Å². The highest BCUT2D eigenvalue weighted by Gasteiger charge is 2.25. The van der Waals surface area contributed by atoms with E-state index < -0.39 is 9.84 Å². The van der Waals surface area contributed by atoms with Crippen molar-refractivity contribution >= 4 is 25.8 Å². The van der Waals surface area contributed by atoms with Crippen molar-refractivity contribution in [3.8, 4) is 0 Å². The van der Waals surface area contributed by atoms with Crippen LogP contribution >= 0.6 is 15.9 Å². The molecule has 0 spiro atoms. The van der Waals surface area contributed by atoms with Gasteiger partial charge in [0.2, 0.25) is 0 Å². The lowest BCUT2D eigenvalue weighted by Crippen LogP contribution is -2.26. The predicted octanol–water partition coefficient (Wildman–Crippen LogP) is 3.33. The van der Waals surface area contributed by atoms with Crippen LogP contribution in [0.25, 0.3) is 0 Å². The van der Waals surface area contributed by atoms with Crippen LogP contribution in [-0.4, -0.2) is 19.5 Å². The Morgan fingerprint density at radius 3 is 2.47 bits per heavy atom. The van der Waals surface area contributed by atoms with Crippen LogP contribution in [0, 0.1) is 12.3 Å². The van der Waals surface area contributed by atoms with Gasteiger partial charge >= 0.3 is 0 Å². The third-order valence-corrected chi connectivity index (χ3v) is 5.95. The molecule has 0 saturated carbocycles. The first-order chi connectivity index (χ1) is 7.74. The quantitative estimate of drug-likeness (QED) is 0.780. The van der Waals surface area contributed by atoms with Gasteiger partial charge < -0.3 is 0 Å². The molecule has 0 bridgehead atoms. The molecule has 1 rings (SSSR count). The number of hydrogen-bond acceptors (Lipinski definition) is 2. The summed E-state index contributed by atoms with van der Waals surface area (Å²) >= 11 is 3.36. The molecule has 0 atom stereocenters. The molecule has 0 heterocycles. The Morgan fingerprint density at radius 2 is 1.94 bits per heavy atom. The fourth-order valence-electron chi connectivity index (χ4n) is 1.74. The minimum absolute atomic E-state index is 0.130. The molecule has 2 nitrogen and oxygen atoms in total. The zero-order chi connectivity index (χ0) is 13.1. The average molecular weight is 319 g/mol. The lowest BCUT2D eigenvalue weighted by molar-refractivity contribution is 0.474. The molecule has 0 aromatic heterocycles. The number of benzene rings is 1. The summed E-state index contributed by atoms with van der Waals surface area (Å²) in [6, 6.07) is 7.67. The topological polar surface area (TPSA) is 34.1 Å². The van der Waals surface area contributed by atoms with Crippen molar-refractivity contribution in [3.63, 3.8) is 0 Å². The summed E-state index contributed by atoms with van der Waals surface area (Å²) in [6.07, 6.45) is 0. The van der Waals surface area contributed by atoms with Crippen molar-refractivity contribution in [2.24, 2.45) is 5.41 Å². The molecule has 0 amide bonds. The molecular weight excluding hydrogens is 300 g/mol. The van der Waals surface area contributed by atoms with Gasteiger partial charge in [0, 0.05) is 5.33 Å². The van der Waals surface area contributed by atoms with Crippen molar-refractivity contribution < 1.29 is 8.42 Å². The fourth-order valence-corrected chi connectivity index (χ4v) is 4.28. The highest BCUT2D eigenvalue weighted by atomic mass is 79.9. The molecule has 1 aromatic carbocycles. The Kier molecular flexibility index (Phi) is 4.78. The normalized spacial score (nSPS) is 12.7. The van der Waals surface area contributed by atoms with Gasteiger partial charge in [0.1, 0.15) is 0 Å². The van der Waals surface area contributed by atoms with E-state index in [0.29, 0.717) is 5.33 Å². The van der Waals surface area contributed by atoms with E-state index in [4.69, 9.17) is 0 Å². The van der Waals surface area contributed by atoms with E-state index >= 15 is 0 Å². The third-order valence-electron chi connectivity index (χ3n) is 2.44.